The second kappa shape index (κ2) is 11.2. The van der Waals surface area contributed by atoms with Gasteiger partial charge >= 0.3 is 0 Å². The van der Waals surface area contributed by atoms with E-state index in [0.717, 1.165) is 22.3 Å². The highest BCUT2D eigenvalue weighted by atomic mass is 19.1. The summed E-state index contributed by atoms with van der Waals surface area (Å²) in [5.41, 5.74) is 16.4. The van der Waals surface area contributed by atoms with E-state index in [1.54, 1.807) is 0 Å². The van der Waals surface area contributed by atoms with Crippen LogP contribution in [0.25, 0.3) is 0 Å². The summed E-state index contributed by atoms with van der Waals surface area (Å²) in [4.78, 5) is 0. The quantitative estimate of drug-likeness (QED) is 0.184. The highest BCUT2D eigenvalue weighted by Crippen LogP contribution is 2.37. The molecule has 0 amide bonds. The van der Waals surface area contributed by atoms with Crippen LogP contribution in [-0.4, -0.2) is 0 Å². The normalized spacial score (nSPS) is 11.8. The maximum atomic E-state index is 14.1. The maximum absolute atomic E-state index is 14.1. The molecule has 0 heterocycles. The lowest BCUT2D eigenvalue weighted by Gasteiger charge is -2.29. The van der Waals surface area contributed by atoms with E-state index in [4.69, 9.17) is 20.9 Å². The summed E-state index contributed by atoms with van der Waals surface area (Å²) in [6.45, 7) is 8.68. The van der Waals surface area contributed by atoms with E-state index in [9.17, 15) is 8.78 Å². The number of nitrogen functional groups attached to an aromatic ring is 2. The minimum atomic E-state index is -0.464. The summed E-state index contributed by atoms with van der Waals surface area (Å²) < 4.78 is 39.6. The van der Waals surface area contributed by atoms with Crippen molar-refractivity contribution in [2.45, 2.75) is 38.5 Å². The molecule has 0 aliphatic heterocycles. The predicted octanol–water partition coefficient (Wildman–Crippen LogP) is 9.37. The molecular weight excluding hydrogens is 530 g/mol. The first-order valence-corrected chi connectivity index (χ1v) is 13.7. The number of benzene rings is 5. The van der Waals surface area contributed by atoms with E-state index in [1.807, 2.05) is 48.5 Å². The highest BCUT2D eigenvalue weighted by molar-refractivity contribution is 5.49. The highest BCUT2D eigenvalue weighted by Gasteiger charge is 2.27. The molecule has 0 saturated heterocycles. The Labute approximate surface area is 245 Å². The minimum Gasteiger partial charge on any atom is -0.454 e. The molecule has 0 spiro atoms. The van der Waals surface area contributed by atoms with Gasteiger partial charge in [0.2, 0.25) is 0 Å². The average Bonchev–Trinajstić information content (AvgIpc) is 2.97. The second-order valence-corrected chi connectivity index (χ2v) is 11.5. The number of anilines is 2. The van der Waals surface area contributed by atoms with Crippen molar-refractivity contribution in [3.05, 3.63) is 143 Å². The first kappa shape index (κ1) is 28.7. The monoisotopic (exact) mass is 564 g/mol. The van der Waals surface area contributed by atoms with Crippen LogP contribution in [0, 0.1) is 11.6 Å². The van der Waals surface area contributed by atoms with Gasteiger partial charge in [-0.25, -0.2) is 8.78 Å². The summed E-state index contributed by atoms with van der Waals surface area (Å²) in [6.07, 6.45) is 0. The first-order valence-electron chi connectivity index (χ1n) is 13.7. The molecule has 4 nitrogen and oxygen atoms in total. The van der Waals surface area contributed by atoms with Gasteiger partial charge in [0.25, 0.3) is 0 Å². The van der Waals surface area contributed by atoms with Crippen LogP contribution in [-0.2, 0) is 10.8 Å². The van der Waals surface area contributed by atoms with Gasteiger partial charge in [-0.05, 0) is 70.8 Å². The van der Waals surface area contributed by atoms with Crippen LogP contribution in [0.2, 0.25) is 0 Å². The first-order chi connectivity index (χ1) is 19.9. The third-order valence-electron chi connectivity index (χ3n) is 7.85. The molecule has 0 atom stereocenters. The lowest BCUT2D eigenvalue weighted by atomic mass is 9.74. The Hall–Kier alpha value is -4.84. The molecule has 0 fully saturated rings. The van der Waals surface area contributed by atoms with Crippen LogP contribution in [0.3, 0.4) is 0 Å². The molecule has 5 rings (SSSR count). The summed E-state index contributed by atoms with van der Waals surface area (Å²) in [5, 5.41) is 0. The van der Waals surface area contributed by atoms with Gasteiger partial charge in [-0.2, -0.15) is 0 Å². The fraction of sp³-hybridized carbons (Fsp3) is 0.167. The van der Waals surface area contributed by atoms with Crippen LogP contribution in [0.1, 0.15) is 49.9 Å². The Bertz CT molecular complexity index is 1570. The van der Waals surface area contributed by atoms with Gasteiger partial charge in [0.15, 0.2) is 23.1 Å². The third-order valence-corrected chi connectivity index (χ3v) is 7.85. The van der Waals surface area contributed by atoms with Gasteiger partial charge in [-0.3, -0.25) is 0 Å². The standard InChI is InChI=1S/C36H34F2N2O2/c1-35(2,25-9-15-29(16-10-25)41-33-21-27(39)13-19-31(33)37)23-5-7-24(8-6-23)36(3,4)26-11-17-30(18-12-26)42-34-22-28(40)14-20-32(34)38/h5-22H,39-40H2,1-4H3. The molecule has 5 aromatic carbocycles. The topological polar surface area (TPSA) is 70.5 Å². The molecule has 6 heteroatoms. The molecule has 214 valence electrons. The van der Waals surface area contributed by atoms with Gasteiger partial charge in [0.1, 0.15) is 11.5 Å². The van der Waals surface area contributed by atoms with Crippen LogP contribution < -0.4 is 20.9 Å². The van der Waals surface area contributed by atoms with Gasteiger partial charge in [0.05, 0.1) is 0 Å². The predicted molar refractivity (Wildman–Crippen MR) is 165 cm³/mol. The Morgan fingerprint density at radius 2 is 0.738 bits per heavy atom. The van der Waals surface area contributed by atoms with Gasteiger partial charge in [-0.1, -0.05) is 76.2 Å². The van der Waals surface area contributed by atoms with Crippen molar-refractivity contribution in [3.63, 3.8) is 0 Å². The van der Waals surface area contributed by atoms with E-state index in [2.05, 4.69) is 52.0 Å². The van der Waals surface area contributed by atoms with Crippen molar-refractivity contribution in [3.8, 4) is 23.0 Å². The Balaban J connectivity index is 1.30. The van der Waals surface area contributed by atoms with Gasteiger partial charge < -0.3 is 20.9 Å². The second-order valence-electron chi connectivity index (χ2n) is 11.5. The Morgan fingerprint density at radius 1 is 0.452 bits per heavy atom. The minimum absolute atomic E-state index is 0.0951. The summed E-state index contributed by atoms with van der Waals surface area (Å²) in [6, 6.07) is 32.5. The largest absolute Gasteiger partial charge is 0.454 e. The number of rotatable bonds is 8. The van der Waals surface area contributed by atoms with Crippen LogP contribution in [0.15, 0.2) is 109 Å². The van der Waals surface area contributed by atoms with Crippen LogP contribution in [0.5, 0.6) is 23.0 Å². The van der Waals surface area contributed by atoms with Crippen molar-refractivity contribution >= 4 is 11.4 Å². The molecule has 0 radical (unpaired) electrons. The smallest absolute Gasteiger partial charge is 0.165 e. The van der Waals surface area contributed by atoms with Crippen molar-refractivity contribution in [2.24, 2.45) is 0 Å². The zero-order valence-corrected chi connectivity index (χ0v) is 24.1. The average molecular weight is 565 g/mol. The number of halogens is 2. The Morgan fingerprint density at radius 3 is 1.05 bits per heavy atom. The number of hydrogen-bond acceptors (Lipinski definition) is 4. The fourth-order valence-corrected chi connectivity index (χ4v) is 4.97. The van der Waals surface area contributed by atoms with Crippen LogP contribution in [0.4, 0.5) is 20.2 Å². The molecule has 0 bridgehead atoms. The zero-order valence-electron chi connectivity index (χ0n) is 24.1. The zero-order chi connectivity index (χ0) is 30.1. The summed E-state index contributed by atoms with van der Waals surface area (Å²) in [7, 11) is 0. The maximum Gasteiger partial charge on any atom is 0.165 e. The molecule has 42 heavy (non-hydrogen) atoms. The van der Waals surface area contributed by atoms with E-state index < -0.39 is 11.6 Å². The van der Waals surface area contributed by atoms with Crippen molar-refractivity contribution < 1.29 is 18.3 Å². The van der Waals surface area contributed by atoms with E-state index in [0.29, 0.717) is 22.9 Å². The van der Waals surface area contributed by atoms with E-state index in [-0.39, 0.29) is 22.3 Å². The Kier molecular flexibility index (Phi) is 7.65. The lowest BCUT2D eigenvalue weighted by Crippen LogP contribution is -2.21. The molecular formula is C36H34F2N2O2. The SMILES string of the molecule is CC(C)(c1ccc(Oc2cc(N)ccc2F)cc1)c1ccc(C(C)(C)c2ccc(Oc3cc(N)ccc3F)cc2)cc1. The third kappa shape index (κ3) is 5.93. The van der Waals surface area contributed by atoms with E-state index >= 15 is 0 Å². The molecule has 4 N–H and O–H groups in total. The van der Waals surface area contributed by atoms with Gasteiger partial charge in [-0.15, -0.1) is 0 Å². The van der Waals surface area contributed by atoms with Gasteiger partial charge in [0, 0.05) is 34.3 Å². The summed E-state index contributed by atoms with van der Waals surface area (Å²) >= 11 is 0. The number of nitrogens with two attached hydrogens (primary N) is 2. The van der Waals surface area contributed by atoms with E-state index in [1.165, 1.54) is 36.4 Å². The van der Waals surface area contributed by atoms with Crippen molar-refractivity contribution in [1.82, 2.24) is 0 Å². The number of ether oxygens (including phenoxy) is 2. The fourth-order valence-electron chi connectivity index (χ4n) is 4.97. The molecule has 0 aliphatic rings. The molecule has 0 aromatic heterocycles. The molecule has 0 saturated carbocycles. The van der Waals surface area contributed by atoms with Crippen molar-refractivity contribution in [1.29, 1.82) is 0 Å². The molecule has 0 unspecified atom stereocenters. The van der Waals surface area contributed by atoms with Crippen molar-refractivity contribution in [2.75, 3.05) is 11.5 Å². The number of hydrogen-bond donors (Lipinski definition) is 2. The molecule has 5 aromatic rings. The lowest BCUT2D eigenvalue weighted by molar-refractivity contribution is 0.442. The van der Waals surface area contributed by atoms with Crippen LogP contribution >= 0.6 is 0 Å². The summed E-state index contributed by atoms with van der Waals surface area (Å²) in [5.74, 6) is 0.328. The molecule has 0 aliphatic carbocycles.